The lowest BCUT2D eigenvalue weighted by atomic mass is 10.3. The predicted molar refractivity (Wildman–Crippen MR) is 62.5 cm³/mol. The van der Waals surface area contributed by atoms with Gasteiger partial charge in [-0.05, 0) is 6.42 Å². The Balaban J connectivity index is 2.07. The van der Waals surface area contributed by atoms with Crippen LogP contribution in [0, 0.1) is 0 Å². The van der Waals surface area contributed by atoms with Crippen molar-refractivity contribution in [2.45, 2.75) is 19.1 Å². The molecule has 1 unspecified atom stereocenters. The third-order valence-electron chi connectivity index (χ3n) is 3.15. The van der Waals surface area contributed by atoms with Crippen LogP contribution in [0.15, 0.2) is 6.20 Å². The van der Waals surface area contributed by atoms with Crippen LogP contribution >= 0.6 is 0 Å². The number of aliphatic hydroxyl groups is 1. The van der Waals surface area contributed by atoms with E-state index in [0.717, 1.165) is 25.2 Å². The number of amides is 1. The lowest BCUT2D eigenvalue weighted by Gasteiger charge is -2.15. The molecule has 17 heavy (non-hydrogen) atoms. The Labute approximate surface area is 100 Å². The van der Waals surface area contributed by atoms with E-state index in [2.05, 4.69) is 15.2 Å². The summed E-state index contributed by atoms with van der Waals surface area (Å²) < 4.78 is 1.80. The molecule has 6 nitrogen and oxygen atoms in total. The summed E-state index contributed by atoms with van der Waals surface area (Å²) in [7, 11) is 3.42. The molecule has 1 aliphatic rings. The lowest BCUT2D eigenvalue weighted by molar-refractivity contribution is 0.0949. The first-order chi connectivity index (χ1) is 8.11. The van der Waals surface area contributed by atoms with Gasteiger partial charge in [-0.15, -0.1) is 0 Å². The maximum atomic E-state index is 11.5. The van der Waals surface area contributed by atoms with Crippen molar-refractivity contribution in [1.29, 1.82) is 0 Å². The van der Waals surface area contributed by atoms with E-state index in [1.807, 2.05) is 7.05 Å². The average Bonchev–Trinajstić information content (AvgIpc) is 2.87. The zero-order chi connectivity index (χ0) is 12.4. The normalized spacial score (nSPS) is 20.8. The molecule has 0 radical (unpaired) electrons. The smallest absolute Gasteiger partial charge is 0.287 e. The minimum absolute atomic E-state index is 0.180. The highest BCUT2D eigenvalue weighted by atomic mass is 16.3. The first kappa shape index (κ1) is 12.1. The maximum absolute atomic E-state index is 11.5. The van der Waals surface area contributed by atoms with E-state index in [1.165, 1.54) is 0 Å². The van der Waals surface area contributed by atoms with Gasteiger partial charge in [0, 0.05) is 33.7 Å². The summed E-state index contributed by atoms with van der Waals surface area (Å²) in [5.41, 5.74) is 0.984. The summed E-state index contributed by atoms with van der Waals surface area (Å²) >= 11 is 0. The van der Waals surface area contributed by atoms with E-state index in [9.17, 15) is 9.90 Å². The largest absolute Gasteiger partial charge is 0.392 e. The van der Waals surface area contributed by atoms with E-state index in [-0.39, 0.29) is 12.0 Å². The van der Waals surface area contributed by atoms with Crippen molar-refractivity contribution in [1.82, 2.24) is 19.8 Å². The molecule has 1 aromatic heterocycles. The quantitative estimate of drug-likeness (QED) is 0.734. The van der Waals surface area contributed by atoms with Crippen molar-refractivity contribution >= 4 is 5.91 Å². The van der Waals surface area contributed by atoms with Crippen LogP contribution in [0.2, 0.25) is 0 Å². The number of imidazole rings is 1. The molecule has 0 bridgehead atoms. The van der Waals surface area contributed by atoms with Crippen LogP contribution in [-0.2, 0) is 13.6 Å². The summed E-state index contributed by atoms with van der Waals surface area (Å²) in [6, 6.07) is 0. The number of carbonyl (C=O) groups excluding carboxylic acids is 1. The molecule has 0 aliphatic carbocycles. The number of aromatic nitrogens is 2. The lowest BCUT2D eigenvalue weighted by Crippen LogP contribution is -2.25. The number of nitrogens with zero attached hydrogens (tertiary/aromatic N) is 3. The van der Waals surface area contributed by atoms with Gasteiger partial charge in [-0.25, -0.2) is 4.98 Å². The zero-order valence-corrected chi connectivity index (χ0v) is 10.2. The molecule has 94 valence electrons. The standard InChI is InChI=1S/C11H18N4O2/c1-12-11(17)10-13-5-8(14(10)2)6-15-4-3-9(16)7-15/h5,9,16H,3-4,6-7H2,1-2H3,(H,12,17). The second-order valence-electron chi connectivity index (χ2n) is 4.39. The summed E-state index contributed by atoms with van der Waals surface area (Å²) in [6.45, 7) is 2.31. The van der Waals surface area contributed by atoms with Crippen LogP contribution in [0.5, 0.6) is 0 Å². The van der Waals surface area contributed by atoms with E-state index < -0.39 is 0 Å². The van der Waals surface area contributed by atoms with Crippen molar-refractivity contribution < 1.29 is 9.90 Å². The number of nitrogens with one attached hydrogen (secondary N) is 1. The second kappa shape index (κ2) is 4.85. The molecular weight excluding hydrogens is 220 g/mol. The molecule has 1 aromatic rings. The van der Waals surface area contributed by atoms with Crippen molar-refractivity contribution in [3.63, 3.8) is 0 Å². The summed E-state index contributed by atoms with van der Waals surface area (Å²) in [6.07, 6.45) is 2.32. The highest BCUT2D eigenvalue weighted by Gasteiger charge is 2.22. The molecule has 2 rings (SSSR count). The molecule has 1 aliphatic heterocycles. The highest BCUT2D eigenvalue weighted by Crippen LogP contribution is 2.13. The molecule has 1 amide bonds. The van der Waals surface area contributed by atoms with Gasteiger partial charge in [0.15, 0.2) is 5.82 Å². The molecular formula is C11H18N4O2. The molecule has 0 saturated carbocycles. The Kier molecular flexibility index (Phi) is 3.44. The van der Waals surface area contributed by atoms with Gasteiger partial charge in [0.25, 0.3) is 5.91 Å². The van der Waals surface area contributed by atoms with E-state index in [0.29, 0.717) is 12.4 Å². The van der Waals surface area contributed by atoms with Crippen molar-refractivity contribution in [3.8, 4) is 0 Å². The van der Waals surface area contributed by atoms with Crippen LogP contribution < -0.4 is 5.32 Å². The van der Waals surface area contributed by atoms with Gasteiger partial charge in [0.2, 0.25) is 0 Å². The van der Waals surface area contributed by atoms with Gasteiger partial charge in [0.1, 0.15) is 0 Å². The van der Waals surface area contributed by atoms with Crippen LogP contribution in [0.1, 0.15) is 22.7 Å². The maximum Gasteiger partial charge on any atom is 0.287 e. The monoisotopic (exact) mass is 238 g/mol. The number of hydrogen-bond donors (Lipinski definition) is 2. The summed E-state index contributed by atoms with van der Waals surface area (Å²) in [5.74, 6) is 0.238. The van der Waals surface area contributed by atoms with Crippen LogP contribution in [0.25, 0.3) is 0 Å². The fourth-order valence-corrected chi connectivity index (χ4v) is 2.10. The molecule has 0 aromatic carbocycles. The summed E-state index contributed by atoms with van der Waals surface area (Å²) in [5, 5.41) is 12.0. The molecule has 2 heterocycles. The van der Waals surface area contributed by atoms with E-state index in [4.69, 9.17) is 0 Å². The minimum atomic E-state index is -0.221. The Morgan fingerprint density at radius 3 is 3.06 bits per heavy atom. The van der Waals surface area contributed by atoms with Gasteiger partial charge in [0.05, 0.1) is 18.0 Å². The molecule has 1 saturated heterocycles. The molecule has 0 spiro atoms. The van der Waals surface area contributed by atoms with E-state index in [1.54, 1.807) is 17.8 Å². The fraction of sp³-hybridized carbons (Fsp3) is 0.636. The van der Waals surface area contributed by atoms with E-state index >= 15 is 0 Å². The Bertz CT molecular complexity index is 416. The van der Waals surface area contributed by atoms with Gasteiger partial charge < -0.3 is 15.0 Å². The Morgan fingerprint density at radius 1 is 1.71 bits per heavy atom. The number of rotatable bonds is 3. The number of likely N-dealkylation sites (tertiary alicyclic amines) is 1. The third-order valence-corrected chi connectivity index (χ3v) is 3.15. The van der Waals surface area contributed by atoms with Crippen LogP contribution in [-0.4, -0.2) is 51.7 Å². The molecule has 6 heteroatoms. The number of β-amino-alcohol motifs (C(OH)–C–C–N with tert-alkyl or cyclic N) is 1. The van der Waals surface area contributed by atoms with Gasteiger partial charge in [-0.1, -0.05) is 0 Å². The minimum Gasteiger partial charge on any atom is -0.392 e. The third kappa shape index (κ3) is 2.48. The predicted octanol–water partition coefficient (Wildman–Crippen LogP) is -0.654. The SMILES string of the molecule is CNC(=O)c1ncc(CN2CCC(O)C2)n1C. The fourth-order valence-electron chi connectivity index (χ4n) is 2.10. The second-order valence-corrected chi connectivity index (χ2v) is 4.39. The summed E-state index contributed by atoms with van der Waals surface area (Å²) in [4.78, 5) is 17.8. The van der Waals surface area contributed by atoms with Crippen molar-refractivity contribution in [3.05, 3.63) is 17.7 Å². The van der Waals surface area contributed by atoms with Crippen molar-refractivity contribution in [2.24, 2.45) is 7.05 Å². The first-order valence-electron chi connectivity index (χ1n) is 5.75. The Hall–Kier alpha value is -1.40. The van der Waals surface area contributed by atoms with Crippen LogP contribution in [0.3, 0.4) is 0 Å². The molecule has 1 fully saturated rings. The van der Waals surface area contributed by atoms with Gasteiger partial charge >= 0.3 is 0 Å². The molecule has 1 atom stereocenters. The number of aliphatic hydroxyl groups excluding tert-OH is 1. The van der Waals surface area contributed by atoms with Crippen molar-refractivity contribution in [2.75, 3.05) is 20.1 Å². The Morgan fingerprint density at radius 2 is 2.47 bits per heavy atom. The first-order valence-corrected chi connectivity index (χ1v) is 5.75. The van der Waals surface area contributed by atoms with Crippen LogP contribution in [0.4, 0.5) is 0 Å². The average molecular weight is 238 g/mol. The highest BCUT2D eigenvalue weighted by molar-refractivity contribution is 5.90. The topological polar surface area (TPSA) is 70.4 Å². The van der Waals surface area contributed by atoms with Gasteiger partial charge in [-0.3, -0.25) is 9.69 Å². The number of carbonyl (C=O) groups is 1. The van der Waals surface area contributed by atoms with Gasteiger partial charge in [-0.2, -0.15) is 0 Å². The molecule has 2 N–H and O–H groups in total. The zero-order valence-electron chi connectivity index (χ0n) is 10.2. The number of hydrogen-bond acceptors (Lipinski definition) is 4.